The van der Waals surface area contributed by atoms with Gasteiger partial charge >= 0.3 is 12.2 Å². The summed E-state index contributed by atoms with van der Waals surface area (Å²) in [6, 6.07) is 7.14. The van der Waals surface area contributed by atoms with Crippen LogP contribution in [0.2, 0.25) is 0 Å². The second-order valence-corrected chi connectivity index (χ2v) is 9.54. The van der Waals surface area contributed by atoms with Crippen LogP contribution >= 0.6 is 11.6 Å². The predicted octanol–water partition coefficient (Wildman–Crippen LogP) is 4.35. The maximum atomic E-state index is 14.0. The highest BCUT2D eigenvalue weighted by molar-refractivity contribution is 6.31. The lowest BCUT2D eigenvalue weighted by Crippen LogP contribution is -2.45. The summed E-state index contributed by atoms with van der Waals surface area (Å²) < 4.78 is 58.3. The van der Waals surface area contributed by atoms with E-state index in [-0.39, 0.29) is 5.92 Å². The van der Waals surface area contributed by atoms with Gasteiger partial charge in [0.05, 0.1) is 41.1 Å². The second kappa shape index (κ2) is 10.8. The highest BCUT2D eigenvalue weighted by Gasteiger charge is 2.45. The number of alkyl halides is 3. The topological polar surface area (TPSA) is 108 Å². The van der Waals surface area contributed by atoms with Crippen LogP contribution in [0.3, 0.4) is 0 Å². The molecule has 9 nitrogen and oxygen atoms in total. The zero-order chi connectivity index (χ0) is 27.7. The number of hydrazone groups is 1. The first kappa shape index (κ1) is 26.9. The van der Waals surface area contributed by atoms with Crippen LogP contribution in [-0.4, -0.2) is 67.0 Å². The molecule has 39 heavy (non-hydrogen) atoms. The van der Waals surface area contributed by atoms with E-state index in [1.807, 2.05) is 0 Å². The number of nitrogens with one attached hydrogen (secondary N) is 2. The third kappa shape index (κ3) is 5.70. The summed E-state index contributed by atoms with van der Waals surface area (Å²) in [5, 5.41) is 11.4. The van der Waals surface area contributed by atoms with Gasteiger partial charge in [-0.15, -0.1) is 0 Å². The fraction of sp³-hybridized carbons (Fsp3) is 0.320. The largest absolute Gasteiger partial charge is 0.416 e. The number of nitrogens with zero attached hydrogens (tertiary/aromatic N) is 4. The zero-order valence-corrected chi connectivity index (χ0v) is 21.1. The van der Waals surface area contributed by atoms with Crippen molar-refractivity contribution < 1.29 is 27.1 Å². The van der Waals surface area contributed by atoms with Gasteiger partial charge in [-0.2, -0.15) is 18.3 Å². The molecule has 3 aliphatic heterocycles. The Bertz CT molecular complexity index is 1340. The van der Waals surface area contributed by atoms with Crippen molar-refractivity contribution in [3.05, 3.63) is 70.1 Å². The third-order valence-corrected chi connectivity index (χ3v) is 7.09. The van der Waals surface area contributed by atoms with Crippen molar-refractivity contribution in [2.45, 2.75) is 18.1 Å². The van der Waals surface area contributed by atoms with Crippen molar-refractivity contribution in [1.29, 1.82) is 0 Å². The van der Waals surface area contributed by atoms with Gasteiger partial charge in [0.15, 0.2) is 0 Å². The molecule has 0 spiro atoms. The summed E-state index contributed by atoms with van der Waals surface area (Å²) in [6.07, 6.45) is -3.29. The first-order valence-electron chi connectivity index (χ1n) is 12.0. The Hall–Kier alpha value is -3.68. The highest BCUT2D eigenvalue weighted by atomic mass is 35.5. The summed E-state index contributed by atoms with van der Waals surface area (Å²) in [5.41, 5.74) is 6.51. The van der Waals surface area contributed by atoms with Crippen molar-refractivity contribution in [3.8, 4) is 0 Å². The van der Waals surface area contributed by atoms with Crippen LogP contribution in [0.1, 0.15) is 17.0 Å². The molecule has 2 unspecified atom stereocenters. The number of fused-ring (bicyclic) bond motifs is 1. The number of hydrogen-bond donors (Lipinski definition) is 3. The summed E-state index contributed by atoms with van der Waals surface area (Å²) in [7, 11) is 0. The molecule has 0 radical (unpaired) electrons. The lowest BCUT2D eigenvalue weighted by atomic mass is 9.92. The molecule has 2 aromatic rings. The molecule has 2 atom stereocenters. The Morgan fingerprint density at radius 3 is 2.54 bits per heavy atom. The standard InChI is InChI=1S/C25H24ClF4N7O2/c26-21-19(12-36-7-9-39-10-8-36)37-22(23(31)32-13-33-37)20(21)14-1-4-16(5-2-14)34-24(38)35-18-11-15(25(28,29)30)3-6-17(18)27/h1-6,11,13,20,22H,7-10,12H2,(H2,31,32,33)(H2,34,35,38). The average Bonchev–Trinajstić information content (AvgIpc) is 3.18. The Morgan fingerprint density at radius 2 is 1.85 bits per heavy atom. The van der Waals surface area contributed by atoms with Gasteiger partial charge in [-0.25, -0.2) is 14.2 Å². The number of nitrogens with two attached hydrogens (primary N) is 1. The van der Waals surface area contributed by atoms with Crippen molar-refractivity contribution >= 4 is 41.2 Å². The molecule has 5 rings (SSSR count). The molecule has 3 aliphatic rings. The number of amides is 2. The molecule has 2 amide bonds. The van der Waals surface area contributed by atoms with E-state index in [4.69, 9.17) is 22.1 Å². The monoisotopic (exact) mass is 565 g/mol. The number of ether oxygens (including phenoxy) is 1. The molecule has 0 aromatic heterocycles. The van der Waals surface area contributed by atoms with Crippen LogP contribution in [0.25, 0.3) is 0 Å². The fourth-order valence-electron chi connectivity index (χ4n) is 4.70. The van der Waals surface area contributed by atoms with Crippen LogP contribution in [0.15, 0.2) is 63.3 Å². The molecule has 1 saturated heterocycles. The van der Waals surface area contributed by atoms with Gasteiger partial charge in [-0.3, -0.25) is 9.91 Å². The summed E-state index contributed by atoms with van der Waals surface area (Å²) in [6.45, 7) is 3.35. The Balaban J connectivity index is 1.32. The minimum Gasteiger partial charge on any atom is -0.385 e. The molecule has 3 heterocycles. The third-order valence-electron chi connectivity index (χ3n) is 6.64. The lowest BCUT2D eigenvalue weighted by Gasteiger charge is -2.32. The Morgan fingerprint density at radius 1 is 1.13 bits per heavy atom. The minimum atomic E-state index is -4.68. The average molecular weight is 566 g/mol. The maximum Gasteiger partial charge on any atom is 0.416 e. The number of carbonyl (C=O) groups excluding carboxylic acids is 1. The number of benzene rings is 2. The number of anilines is 2. The van der Waals surface area contributed by atoms with E-state index in [1.165, 1.54) is 6.34 Å². The van der Waals surface area contributed by atoms with E-state index >= 15 is 0 Å². The van der Waals surface area contributed by atoms with Crippen LogP contribution < -0.4 is 16.4 Å². The van der Waals surface area contributed by atoms with Crippen LogP contribution in [0, 0.1) is 5.82 Å². The summed E-state index contributed by atoms with van der Waals surface area (Å²) >= 11 is 6.91. The quantitative estimate of drug-likeness (QED) is 0.467. The number of rotatable bonds is 5. The van der Waals surface area contributed by atoms with Gasteiger partial charge in [0.2, 0.25) is 0 Å². The van der Waals surface area contributed by atoms with Gasteiger partial charge in [-0.1, -0.05) is 23.7 Å². The lowest BCUT2D eigenvalue weighted by molar-refractivity contribution is -0.137. The molecule has 206 valence electrons. The maximum absolute atomic E-state index is 14.0. The van der Waals surface area contributed by atoms with E-state index in [9.17, 15) is 22.4 Å². The smallest absolute Gasteiger partial charge is 0.385 e. The van der Waals surface area contributed by atoms with Gasteiger partial charge in [0.1, 0.15) is 24.0 Å². The number of morpholine rings is 1. The van der Waals surface area contributed by atoms with Crippen LogP contribution in [0.4, 0.5) is 33.7 Å². The highest BCUT2D eigenvalue weighted by Crippen LogP contribution is 2.44. The molecule has 0 bridgehead atoms. The second-order valence-electron chi connectivity index (χ2n) is 9.13. The molecule has 4 N–H and O–H groups in total. The van der Waals surface area contributed by atoms with E-state index in [2.05, 4.69) is 25.6 Å². The number of halogens is 5. The number of amidine groups is 1. The van der Waals surface area contributed by atoms with Gasteiger partial charge in [0.25, 0.3) is 0 Å². The molecule has 2 aromatic carbocycles. The SMILES string of the molecule is NC1=NC=NN2C(CN3CCOCC3)=C(Cl)C(c3ccc(NC(=O)Nc4cc(C(F)(F)F)ccc4F)cc3)C12. The molecule has 0 aliphatic carbocycles. The van der Waals surface area contributed by atoms with Crippen molar-refractivity contribution in [2.24, 2.45) is 15.8 Å². The van der Waals surface area contributed by atoms with Crippen LogP contribution in [0.5, 0.6) is 0 Å². The summed E-state index contributed by atoms with van der Waals surface area (Å²) in [4.78, 5) is 18.8. The normalized spacial score (nSPS) is 21.6. The minimum absolute atomic E-state index is 0.329. The first-order chi connectivity index (χ1) is 18.6. The number of aliphatic imine (C=N–C) groups is 1. The summed E-state index contributed by atoms with van der Waals surface area (Å²) in [5.74, 6) is -1.01. The molecule has 14 heteroatoms. The fourth-order valence-corrected chi connectivity index (χ4v) is 5.09. The van der Waals surface area contributed by atoms with E-state index in [0.717, 1.165) is 24.4 Å². The molecular weight excluding hydrogens is 542 g/mol. The predicted molar refractivity (Wildman–Crippen MR) is 139 cm³/mol. The van der Waals surface area contributed by atoms with Crippen LogP contribution in [-0.2, 0) is 10.9 Å². The Kier molecular flexibility index (Phi) is 7.47. The first-order valence-corrected chi connectivity index (χ1v) is 12.4. The number of carbonyl (C=O) groups is 1. The van der Waals surface area contributed by atoms with Gasteiger partial charge in [-0.05, 0) is 35.9 Å². The van der Waals surface area contributed by atoms with E-state index in [0.29, 0.717) is 54.5 Å². The number of urea groups is 1. The van der Waals surface area contributed by atoms with Crippen molar-refractivity contribution in [1.82, 2.24) is 9.91 Å². The van der Waals surface area contributed by atoms with Crippen molar-refractivity contribution in [3.63, 3.8) is 0 Å². The van der Waals surface area contributed by atoms with Crippen molar-refractivity contribution in [2.75, 3.05) is 43.5 Å². The molecule has 0 saturated carbocycles. The van der Waals surface area contributed by atoms with E-state index < -0.39 is 35.3 Å². The van der Waals surface area contributed by atoms with Gasteiger partial charge < -0.3 is 21.1 Å². The molecule has 1 fully saturated rings. The number of hydrogen-bond acceptors (Lipinski definition) is 7. The zero-order valence-electron chi connectivity index (χ0n) is 20.4. The van der Waals surface area contributed by atoms with Gasteiger partial charge in [0, 0.05) is 25.3 Å². The van der Waals surface area contributed by atoms with E-state index in [1.54, 1.807) is 29.3 Å². The Labute approximate surface area is 225 Å². The molecular formula is C25H24ClF4N7O2.